The number of aryl methyl sites for hydroxylation is 1. The molecule has 0 radical (unpaired) electrons. The van der Waals surface area contributed by atoms with Crippen molar-refractivity contribution >= 4 is 17.6 Å². The molecule has 0 unspecified atom stereocenters. The Morgan fingerprint density at radius 3 is 2.52 bits per heavy atom. The Balaban J connectivity index is 1.70. The van der Waals surface area contributed by atoms with Gasteiger partial charge in [0, 0.05) is 18.9 Å². The second kappa shape index (κ2) is 5.87. The van der Waals surface area contributed by atoms with Crippen molar-refractivity contribution in [3.05, 3.63) is 47.8 Å². The number of nitrogens with one attached hydrogen (secondary N) is 1. The fraction of sp³-hybridized carbons (Fsp3) is 0.353. The van der Waals surface area contributed by atoms with Gasteiger partial charge in [-0.15, -0.1) is 0 Å². The molecule has 1 N–H and O–H groups in total. The summed E-state index contributed by atoms with van der Waals surface area (Å²) in [5.74, 6) is -0.371. The molecule has 0 atom stereocenters. The molecule has 1 saturated carbocycles. The summed E-state index contributed by atoms with van der Waals surface area (Å²) in [6.45, 7) is 2.20. The molecule has 0 aliphatic heterocycles. The van der Waals surface area contributed by atoms with Crippen molar-refractivity contribution in [1.82, 2.24) is 9.78 Å². The number of amides is 1. The molecule has 2 aromatic rings. The molecule has 1 aliphatic carbocycles. The Labute approximate surface area is 134 Å². The van der Waals surface area contributed by atoms with Crippen molar-refractivity contribution < 1.29 is 14.3 Å². The normalized spacial score (nSPS) is 15.0. The number of esters is 1. The van der Waals surface area contributed by atoms with Gasteiger partial charge >= 0.3 is 5.97 Å². The minimum absolute atomic E-state index is 0.160. The minimum atomic E-state index is -0.484. The first-order valence-corrected chi connectivity index (χ1v) is 7.63. The third kappa shape index (κ3) is 2.97. The number of aromatic nitrogens is 2. The van der Waals surface area contributed by atoms with Crippen molar-refractivity contribution in [3.63, 3.8) is 0 Å². The summed E-state index contributed by atoms with van der Waals surface area (Å²) < 4.78 is 6.74. The van der Waals surface area contributed by atoms with Crippen molar-refractivity contribution in [2.45, 2.75) is 25.2 Å². The van der Waals surface area contributed by atoms with Crippen molar-refractivity contribution in [2.24, 2.45) is 7.05 Å². The maximum absolute atomic E-state index is 12.1. The molecule has 1 heterocycles. The first-order valence-electron chi connectivity index (χ1n) is 7.63. The van der Waals surface area contributed by atoms with Gasteiger partial charge in [0.05, 0.1) is 23.8 Å². The van der Waals surface area contributed by atoms with Gasteiger partial charge in [-0.2, -0.15) is 5.10 Å². The molecule has 6 nitrogen and oxygen atoms in total. The van der Waals surface area contributed by atoms with Crippen molar-refractivity contribution in [3.8, 4) is 0 Å². The lowest BCUT2D eigenvalue weighted by atomic mass is 9.96. The fourth-order valence-corrected chi connectivity index (χ4v) is 2.62. The SMILES string of the molecule is CCOC(=O)C1(c2ccc(NC(=O)c3cnn(C)c3)cc2)CC1. The number of nitrogens with zero attached hydrogens (tertiary/aromatic N) is 2. The van der Waals surface area contributed by atoms with Crippen LogP contribution in [-0.4, -0.2) is 28.3 Å². The summed E-state index contributed by atoms with van der Waals surface area (Å²) in [6.07, 6.45) is 4.80. The summed E-state index contributed by atoms with van der Waals surface area (Å²) in [4.78, 5) is 24.2. The van der Waals surface area contributed by atoms with E-state index in [0.29, 0.717) is 17.9 Å². The summed E-state index contributed by atoms with van der Waals surface area (Å²) in [5, 5.41) is 6.79. The zero-order chi connectivity index (χ0) is 16.4. The second-order valence-corrected chi connectivity index (χ2v) is 5.74. The van der Waals surface area contributed by atoms with Gasteiger partial charge in [0.25, 0.3) is 5.91 Å². The van der Waals surface area contributed by atoms with Crippen LogP contribution in [0.25, 0.3) is 0 Å². The van der Waals surface area contributed by atoms with E-state index in [2.05, 4.69) is 10.4 Å². The first-order chi connectivity index (χ1) is 11.0. The van der Waals surface area contributed by atoms with Crippen LogP contribution in [0.5, 0.6) is 0 Å². The van der Waals surface area contributed by atoms with E-state index in [1.807, 2.05) is 31.2 Å². The Hall–Kier alpha value is -2.63. The molecule has 1 aromatic carbocycles. The van der Waals surface area contributed by atoms with Gasteiger partial charge in [0.1, 0.15) is 0 Å². The highest BCUT2D eigenvalue weighted by Gasteiger charge is 2.52. The number of ether oxygens (including phenoxy) is 1. The van der Waals surface area contributed by atoms with E-state index >= 15 is 0 Å². The van der Waals surface area contributed by atoms with Crippen molar-refractivity contribution in [2.75, 3.05) is 11.9 Å². The van der Waals surface area contributed by atoms with Gasteiger partial charge in [-0.1, -0.05) is 12.1 Å². The second-order valence-electron chi connectivity index (χ2n) is 5.74. The fourth-order valence-electron chi connectivity index (χ4n) is 2.62. The molecular formula is C17H19N3O3. The van der Waals surface area contributed by atoms with E-state index in [0.717, 1.165) is 18.4 Å². The van der Waals surface area contributed by atoms with Crippen molar-refractivity contribution in [1.29, 1.82) is 0 Å². The molecule has 1 aromatic heterocycles. The average molecular weight is 313 g/mol. The van der Waals surface area contributed by atoms with Crippen LogP contribution in [-0.2, 0) is 22.0 Å². The maximum atomic E-state index is 12.1. The Morgan fingerprint density at radius 2 is 2.00 bits per heavy atom. The van der Waals surface area contributed by atoms with E-state index in [4.69, 9.17) is 4.74 Å². The predicted molar refractivity (Wildman–Crippen MR) is 85.1 cm³/mol. The average Bonchev–Trinajstić information content (AvgIpc) is 3.24. The van der Waals surface area contributed by atoms with Crippen LogP contribution in [0.1, 0.15) is 35.7 Å². The Kier molecular flexibility index (Phi) is 3.90. The molecule has 0 spiro atoms. The maximum Gasteiger partial charge on any atom is 0.316 e. The highest BCUT2D eigenvalue weighted by atomic mass is 16.5. The van der Waals surface area contributed by atoms with Crippen LogP contribution >= 0.6 is 0 Å². The van der Waals surface area contributed by atoms with E-state index in [1.54, 1.807) is 17.9 Å². The summed E-state index contributed by atoms with van der Waals surface area (Å²) in [7, 11) is 1.76. The van der Waals surface area contributed by atoms with Gasteiger partial charge in [-0.25, -0.2) is 0 Å². The summed E-state index contributed by atoms with van der Waals surface area (Å²) in [5.41, 5.74) is 1.64. The lowest BCUT2D eigenvalue weighted by Crippen LogP contribution is -2.23. The van der Waals surface area contributed by atoms with Gasteiger partial charge in [-0.05, 0) is 37.5 Å². The molecule has 1 aliphatic rings. The monoisotopic (exact) mass is 313 g/mol. The number of anilines is 1. The third-order valence-electron chi connectivity index (χ3n) is 4.08. The lowest BCUT2D eigenvalue weighted by molar-refractivity contribution is -0.146. The zero-order valence-corrected chi connectivity index (χ0v) is 13.2. The number of hydrogen-bond donors (Lipinski definition) is 1. The Morgan fingerprint density at radius 1 is 1.30 bits per heavy atom. The van der Waals surface area contributed by atoms with E-state index in [1.165, 1.54) is 6.20 Å². The minimum Gasteiger partial charge on any atom is -0.465 e. The lowest BCUT2D eigenvalue weighted by Gasteiger charge is -2.14. The largest absolute Gasteiger partial charge is 0.465 e. The standard InChI is InChI=1S/C17H19N3O3/c1-3-23-16(22)17(8-9-17)13-4-6-14(7-5-13)19-15(21)12-10-18-20(2)11-12/h4-7,10-11H,3,8-9H2,1-2H3,(H,19,21). The van der Waals surface area contributed by atoms with Crippen LogP contribution in [0.2, 0.25) is 0 Å². The number of benzene rings is 1. The first kappa shape index (κ1) is 15.3. The van der Waals surface area contributed by atoms with Crippen LogP contribution < -0.4 is 5.32 Å². The predicted octanol–water partition coefficient (Wildman–Crippen LogP) is 2.27. The highest BCUT2D eigenvalue weighted by Crippen LogP contribution is 2.49. The topological polar surface area (TPSA) is 73.2 Å². The molecule has 6 heteroatoms. The van der Waals surface area contributed by atoms with Gasteiger partial charge < -0.3 is 10.1 Å². The Bertz CT molecular complexity index is 730. The number of hydrogen-bond acceptors (Lipinski definition) is 4. The van der Waals surface area contributed by atoms with Crippen LogP contribution in [0, 0.1) is 0 Å². The van der Waals surface area contributed by atoms with Gasteiger partial charge in [0.2, 0.25) is 0 Å². The molecule has 3 rings (SSSR count). The molecule has 1 amide bonds. The molecular weight excluding hydrogens is 294 g/mol. The molecule has 0 saturated heterocycles. The van der Waals surface area contributed by atoms with E-state index in [-0.39, 0.29) is 11.9 Å². The molecule has 23 heavy (non-hydrogen) atoms. The third-order valence-corrected chi connectivity index (χ3v) is 4.08. The van der Waals surface area contributed by atoms with Crippen LogP contribution in [0.15, 0.2) is 36.7 Å². The smallest absolute Gasteiger partial charge is 0.316 e. The quantitative estimate of drug-likeness (QED) is 0.859. The molecule has 120 valence electrons. The zero-order valence-electron chi connectivity index (χ0n) is 13.2. The summed E-state index contributed by atoms with van der Waals surface area (Å²) >= 11 is 0. The number of carbonyl (C=O) groups excluding carboxylic acids is 2. The number of carbonyl (C=O) groups is 2. The van der Waals surface area contributed by atoms with Crippen LogP contribution in [0.4, 0.5) is 5.69 Å². The molecule has 0 bridgehead atoms. The van der Waals surface area contributed by atoms with E-state index in [9.17, 15) is 9.59 Å². The number of rotatable bonds is 5. The van der Waals surface area contributed by atoms with Gasteiger partial charge in [-0.3, -0.25) is 14.3 Å². The van der Waals surface area contributed by atoms with E-state index < -0.39 is 5.41 Å². The highest BCUT2D eigenvalue weighted by molar-refractivity contribution is 6.04. The van der Waals surface area contributed by atoms with Crippen LogP contribution in [0.3, 0.4) is 0 Å². The summed E-state index contributed by atoms with van der Waals surface area (Å²) in [6, 6.07) is 7.37. The van der Waals surface area contributed by atoms with Gasteiger partial charge in [0.15, 0.2) is 0 Å². The molecule has 1 fully saturated rings.